The molecule has 2 heteroatoms. The van der Waals surface area contributed by atoms with E-state index in [1.165, 1.54) is 0 Å². The minimum Gasteiger partial charge on any atom is -0.314 e. The summed E-state index contributed by atoms with van der Waals surface area (Å²) in [6, 6.07) is 7.69. The molecule has 2 atom stereocenters. The standard InChI is InChI=1S/C12H16FN/c1-9-6-7-10(8-14-9)11-4-2-3-5-12(11)13/h2-5,9-10,14H,6-8H2,1H3. The summed E-state index contributed by atoms with van der Waals surface area (Å²) in [5, 5.41) is 3.39. The second-order valence-corrected chi connectivity index (χ2v) is 4.11. The molecule has 1 aliphatic rings. The zero-order valence-corrected chi connectivity index (χ0v) is 8.46. The first-order valence-electron chi connectivity index (χ1n) is 5.25. The number of rotatable bonds is 1. The smallest absolute Gasteiger partial charge is 0.126 e. The summed E-state index contributed by atoms with van der Waals surface area (Å²) in [5.41, 5.74) is 0.868. The highest BCUT2D eigenvalue weighted by Gasteiger charge is 2.20. The summed E-state index contributed by atoms with van der Waals surface area (Å²) in [5.74, 6) is 0.293. The van der Waals surface area contributed by atoms with Crippen molar-refractivity contribution in [1.82, 2.24) is 5.32 Å². The van der Waals surface area contributed by atoms with Crippen LogP contribution in [0.15, 0.2) is 24.3 Å². The molecule has 1 fully saturated rings. The van der Waals surface area contributed by atoms with E-state index in [9.17, 15) is 4.39 Å². The van der Waals surface area contributed by atoms with Crippen LogP contribution in [-0.4, -0.2) is 12.6 Å². The molecule has 0 amide bonds. The maximum absolute atomic E-state index is 13.4. The second-order valence-electron chi connectivity index (χ2n) is 4.11. The van der Waals surface area contributed by atoms with Gasteiger partial charge in [0.05, 0.1) is 0 Å². The van der Waals surface area contributed by atoms with E-state index in [4.69, 9.17) is 0 Å². The first kappa shape index (κ1) is 9.66. The van der Waals surface area contributed by atoms with Crippen LogP contribution in [-0.2, 0) is 0 Å². The SMILES string of the molecule is CC1CCC(c2ccccc2F)CN1. The number of benzene rings is 1. The van der Waals surface area contributed by atoms with Crippen LogP contribution in [0, 0.1) is 5.82 Å². The molecule has 1 aromatic carbocycles. The summed E-state index contributed by atoms with van der Waals surface area (Å²) in [4.78, 5) is 0. The largest absolute Gasteiger partial charge is 0.314 e. The fourth-order valence-corrected chi connectivity index (χ4v) is 2.07. The van der Waals surface area contributed by atoms with Crippen LogP contribution in [0.1, 0.15) is 31.2 Å². The van der Waals surface area contributed by atoms with Crippen molar-refractivity contribution in [2.45, 2.75) is 31.7 Å². The molecule has 0 spiro atoms. The van der Waals surface area contributed by atoms with Crippen LogP contribution in [0.2, 0.25) is 0 Å². The van der Waals surface area contributed by atoms with Crippen LogP contribution < -0.4 is 5.32 Å². The van der Waals surface area contributed by atoms with Gasteiger partial charge in [0.2, 0.25) is 0 Å². The third kappa shape index (κ3) is 1.95. The fourth-order valence-electron chi connectivity index (χ4n) is 2.07. The van der Waals surface area contributed by atoms with Gasteiger partial charge in [0.25, 0.3) is 0 Å². The lowest BCUT2D eigenvalue weighted by atomic mass is 9.89. The molecule has 0 saturated carbocycles. The number of halogens is 1. The van der Waals surface area contributed by atoms with E-state index in [0.717, 1.165) is 24.9 Å². The molecule has 1 saturated heterocycles. The maximum atomic E-state index is 13.4. The van der Waals surface area contributed by atoms with Crippen molar-refractivity contribution >= 4 is 0 Å². The van der Waals surface area contributed by atoms with Gasteiger partial charge in [-0.3, -0.25) is 0 Å². The Labute approximate surface area is 84.3 Å². The van der Waals surface area contributed by atoms with Crippen molar-refractivity contribution in [2.75, 3.05) is 6.54 Å². The third-order valence-corrected chi connectivity index (χ3v) is 3.01. The fraction of sp³-hybridized carbons (Fsp3) is 0.500. The summed E-state index contributed by atoms with van der Waals surface area (Å²) < 4.78 is 13.4. The minimum absolute atomic E-state index is 0.0612. The van der Waals surface area contributed by atoms with Gasteiger partial charge in [0.1, 0.15) is 5.82 Å². The van der Waals surface area contributed by atoms with Gasteiger partial charge in [-0.15, -0.1) is 0 Å². The Kier molecular flexibility index (Phi) is 2.82. The third-order valence-electron chi connectivity index (χ3n) is 3.01. The molecule has 2 rings (SSSR count). The number of nitrogens with one attached hydrogen (secondary N) is 1. The average Bonchev–Trinajstić information content (AvgIpc) is 2.20. The lowest BCUT2D eigenvalue weighted by molar-refractivity contribution is 0.378. The molecule has 1 heterocycles. The normalized spacial score (nSPS) is 27.6. The van der Waals surface area contributed by atoms with E-state index in [1.807, 2.05) is 12.1 Å². The molecular weight excluding hydrogens is 177 g/mol. The van der Waals surface area contributed by atoms with Crippen LogP contribution in [0.5, 0.6) is 0 Å². The Morgan fingerprint density at radius 3 is 2.71 bits per heavy atom. The van der Waals surface area contributed by atoms with Gasteiger partial charge in [-0.05, 0) is 37.3 Å². The van der Waals surface area contributed by atoms with E-state index in [1.54, 1.807) is 12.1 Å². The van der Waals surface area contributed by atoms with Gasteiger partial charge in [0, 0.05) is 12.6 Å². The van der Waals surface area contributed by atoms with Gasteiger partial charge in [-0.25, -0.2) is 4.39 Å². The molecule has 1 N–H and O–H groups in total. The zero-order chi connectivity index (χ0) is 9.97. The summed E-state index contributed by atoms with van der Waals surface area (Å²) >= 11 is 0. The van der Waals surface area contributed by atoms with Crippen molar-refractivity contribution in [1.29, 1.82) is 0 Å². The summed E-state index contributed by atoms with van der Waals surface area (Å²) in [6.45, 7) is 3.08. The van der Waals surface area contributed by atoms with Crippen LogP contribution in [0.3, 0.4) is 0 Å². The Balaban J connectivity index is 2.12. The van der Waals surface area contributed by atoms with Gasteiger partial charge < -0.3 is 5.32 Å². The lowest BCUT2D eigenvalue weighted by Crippen LogP contribution is -2.36. The monoisotopic (exact) mass is 193 g/mol. The number of hydrogen-bond acceptors (Lipinski definition) is 1. The first-order chi connectivity index (χ1) is 6.77. The molecule has 0 bridgehead atoms. The maximum Gasteiger partial charge on any atom is 0.126 e. The highest BCUT2D eigenvalue weighted by molar-refractivity contribution is 5.22. The topological polar surface area (TPSA) is 12.0 Å². The van der Waals surface area contributed by atoms with Crippen LogP contribution in [0.25, 0.3) is 0 Å². The molecule has 76 valence electrons. The molecule has 1 nitrogen and oxygen atoms in total. The summed E-state index contributed by atoms with van der Waals surface area (Å²) in [6.07, 6.45) is 2.23. The Bertz CT molecular complexity index is 303. The van der Waals surface area contributed by atoms with Gasteiger partial charge in [0.15, 0.2) is 0 Å². The van der Waals surface area contributed by atoms with Crippen molar-refractivity contribution < 1.29 is 4.39 Å². The molecule has 0 radical (unpaired) electrons. The molecule has 0 aliphatic carbocycles. The molecule has 0 aromatic heterocycles. The summed E-state index contributed by atoms with van der Waals surface area (Å²) in [7, 11) is 0. The zero-order valence-electron chi connectivity index (χ0n) is 8.46. The molecule has 14 heavy (non-hydrogen) atoms. The van der Waals surface area contributed by atoms with Crippen molar-refractivity contribution in [2.24, 2.45) is 0 Å². The van der Waals surface area contributed by atoms with Crippen molar-refractivity contribution in [3.63, 3.8) is 0 Å². The van der Waals surface area contributed by atoms with Crippen molar-refractivity contribution in [3.8, 4) is 0 Å². The quantitative estimate of drug-likeness (QED) is 0.723. The highest BCUT2D eigenvalue weighted by atomic mass is 19.1. The Morgan fingerprint density at radius 1 is 1.29 bits per heavy atom. The van der Waals surface area contributed by atoms with Gasteiger partial charge >= 0.3 is 0 Å². The Hall–Kier alpha value is -0.890. The first-order valence-corrected chi connectivity index (χ1v) is 5.25. The highest BCUT2D eigenvalue weighted by Crippen LogP contribution is 2.26. The van der Waals surface area contributed by atoms with E-state index in [2.05, 4.69) is 12.2 Å². The van der Waals surface area contributed by atoms with E-state index >= 15 is 0 Å². The van der Waals surface area contributed by atoms with Crippen LogP contribution >= 0.6 is 0 Å². The molecule has 2 unspecified atom stereocenters. The number of hydrogen-bond donors (Lipinski definition) is 1. The van der Waals surface area contributed by atoms with Crippen molar-refractivity contribution in [3.05, 3.63) is 35.6 Å². The predicted octanol–water partition coefficient (Wildman–Crippen LogP) is 2.68. The molecule has 1 aromatic rings. The number of piperidine rings is 1. The van der Waals surface area contributed by atoms with E-state index in [0.29, 0.717) is 12.0 Å². The lowest BCUT2D eigenvalue weighted by Gasteiger charge is -2.28. The molecular formula is C12H16FN. The average molecular weight is 193 g/mol. The molecule has 1 aliphatic heterocycles. The van der Waals surface area contributed by atoms with Gasteiger partial charge in [-0.2, -0.15) is 0 Å². The minimum atomic E-state index is -0.0612. The predicted molar refractivity (Wildman–Crippen MR) is 55.8 cm³/mol. The van der Waals surface area contributed by atoms with Gasteiger partial charge in [-0.1, -0.05) is 18.2 Å². The van der Waals surface area contributed by atoms with E-state index in [-0.39, 0.29) is 5.82 Å². The van der Waals surface area contributed by atoms with E-state index < -0.39 is 0 Å². The second kappa shape index (κ2) is 4.09. The van der Waals surface area contributed by atoms with Crippen LogP contribution in [0.4, 0.5) is 4.39 Å². The Morgan fingerprint density at radius 2 is 2.07 bits per heavy atom.